The van der Waals surface area contributed by atoms with E-state index in [1.807, 2.05) is 6.07 Å². The molecular weight excluding hydrogens is 444 g/mol. The second-order valence-corrected chi connectivity index (χ2v) is 9.17. The molecule has 1 heterocycles. The summed E-state index contributed by atoms with van der Waals surface area (Å²) in [5.74, 6) is -2.82. The van der Waals surface area contributed by atoms with Crippen LogP contribution in [0.2, 0.25) is 0 Å². The van der Waals surface area contributed by atoms with Gasteiger partial charge in [0.1, 0.15) is 30.8 Å². The smallest absolute Gasteiger partial charge is 0.408 e. The van der Waals surface area contributed by atoms with Gasteiger partial charge in [0.2, 0.25) is 17.7 Å². The molecule has 4 amide bonds. The molecule has 3 unspecified atom stereocenters. The quantitative estimate of drug-likeness (QED) is 0.403. The lowest BCUT2D eigenvalue weighted by Crippen LogP contribution is -2.54. The Labute approximate surface area is 198 Å². The number of ether oxygens (including phenoxy) is 1. The van der Waals surface area contributed by atoms with Gasteiger partial charge in [0, 0.05) is 12.5 Å². The molecule has 0 spiro atoms. The first-order chi connectivity index (χ1) is 15.9. The van der Waals surface area contributed by atoms with E-state index in [1.54, 1.807) is 52.0 Å². The van der Waals surface area contributed by atoms with E-state index in [2.05, 4.69) is 16.0 Å². The Hall–Kier alpha value is -3.63. The minimum Gasteiger partial charge on any atom is -0.480 e. The van der Waals surface area contributed by atoms with E-state index in [-0.39, 0.29) is 18.9 Å². The number of rotatable bonds is 9. The summed E-state index contributed by atoms with van der Waals surface area (Å²) in [7, 11) is 0. The van der Waals surface area contributed by atoms with E-state index in [9.17, 15) is 24.0 Å². The number of hydrogen-bond acceptors (Lipinski definition) is 6. The lowest BCUT2D eigenvalue weighted by Gasteiger charge is -2.22. The summed E-state index contributed by atoms with van der Waals surface area (Å²) in [4.78, 5) is 62.1. The van der Waals surface area contributed by atoms with Gasteiger partial charge in [-0.05, 0) is 39.7 Å². The summed E-state index contributed by atoms with van der Waals surface area (Å²) in [6, 6.07) is 6.73. The summed E-state index contributed by atoms with van der Waals surface area (Å²) in [6.45, 7) is 5.92. The van der Waals surface area contributed by atoms with Crippen LogP contribution in [-0.4, -0.2) is 76.6 Å². The van der Waals surface area contributed by atoms with Crippen molar-refractivity contribution in [3.63, 3.8) is 0 Å². The molecule has 2 rings (SSSR count). The topological polar surface area (TPSA) is 154 Å². The predicted octanol–water partition coefficient (Wildman–Crippen LogP) is 0.429. The molecule has 1 aromatic carbocycles. The largest absolute Gasteiger partial charge is 0.480 e. The molecular formula is C23H32N4O7. The Balaban J connectivity index is 2.04. The number of benzene rings is 1. The number of amides is 4. The van der Waals surface area contributed by atoms with Gasteiger partial charge in [0.05, 0.1) is 0 Å². The molecule has 0 radical (unpaired) electrons. The summed E-state index contributed by atoms with van der Waals surface area (Å²) in [6.07, 6.45) is -0.361. The lowest BCUT2D eigenvalue weighted by atomic mass is 10.0. The number of aliphatic carboxylic acids is 1. The molecule has 1 fully saturated rings. The Bertz CT molecular complexity index is 914. The van der Waals surface area contributed by atoms with Crippen LogP contribution in [0.3, 0.4) is 0 Å². The van der Waals surface area contributed by atoms with Crippen molar-refractivity contribution in [2.24, 2.45) is 0 Å². The monoisotopic (exact) mass is 476 g/mol. The number of alkyl carbamates (subject to hydrolysis) is 1. The van der Waals surface area contributed by atoms with Crippen LogP contribution < -0.4 is 16.0 Å². The normalized spacial score (nSPS) is 18.7. The van der Waals surface area contributed by atoms with Gasteiger partial charge < -0.3 is 30.7 Å². The second kappa shape index (κ2) is 11.5. The van der Waals surface area contributed by atoms with Crippen LogP contribution in [0.1, 0.15) is 39.7 Å². The van der Waals surface area contributed by atoms with E-state index in [4.69, 9.17) is 9.84 Å². The SMILES string of the molecule is CC1CC(NC(=O)C(Cc2ccccc2)NC(=O)CNC(=O)OC(C)(C)C)C(=O)N1CC(=O)O. The minimum absolute atomic E-state index is 0.153. The molecule has 1 aromatic rings. The number of carboxylic acids is 1. The van der Waals surface area contributed by atoms with Gasteiger partial charge in [-0.25, -0.2) is 4.79 Å². The molecule has 11 nitrogen and oxygen atoms in total. The Morgan fingerprint density at radius 3 is 2.41 bits per heavy atom. The highest BCUT2D eigenvalue weighted by Gasteiger charge is 2.39. The zero-order valence-corrected chi connectivity index (χ0v) is 19.8. The first-order valence-electron chi connectivity index (χ1n) is 11.0. The van der Waals surface area contributed by atoms with Gasteiger partial charge in [0.15, 0.2) is 0 Å². The Kier molecular flexibility index (Phi) is 8.99. The summed E-state index contributed by atoms with van der Waals surface area (Å²) < 4.78 is 5.09. The van der Waals surface area contributed by atoms with Crippen LogP contribution in [-0.2, 0) is 30.3 Å². The van der Waals surface area contributed by atoms with E-state index in [1.165, 1.54) is 4.90 Å². The summed E-state index contributed by atoms with van der Waals surface area (Å²) in [5, 5.41) is 16.6. The van der Waals surface area contributed by atoms with Crippen LogP contribution in [0.5, 0.6) is 0 Å². The van der Waals surface area contributed by atoms with Gasteiger partial charge in [-0.3, -0.25) is 19.2 Å². The molecule has 0 saturated carbocycles. The molecule has 0 aromatic heterocycles. The van der Waals surface area contributed by atoms with Crippen LogP contribution in [0.4, 0.5) is 4.79 Å². The number of likely N-dealkylation sites (tertiary alicyclic amines) is 1. The standard InChI is InChI=1S/C23H32N4O7/c1-14-10-17(21(32)27(14)13-19(29)30)26-20(31)16(11-15-8-6-5-7-9-15)25-18(28)12-24-22(33)34-23(2,3)4/h5-9,14,16-17H,10-13H2,1-4H3,(H,24,33)(H,25,28)(H,26,31)(H,29,30). The zero-order chi connectivity index (χ0) is 25.5. The average molecular weight is 477 g/mol. The van der Waals surface area contributed by atoms with E-state index in [0.29, 0.717) is 0 Å². The summed E-state index contributed by atoms with van der Waals surface area (Å²) >= 11 is 0. The van der Waals surface area contributed by atoms with Crippen LogP contribution >= 0.6 is 0 Å². The first-order valence-corrected chi connectivity index (χ1v) is 11.0. The fourth-order valence-electron chi connectivity index (χ4n) is 3.53. The Morgan fingerprint density at radius 1 is 1.18 bits per heavy atom. The number of carbonyl (C=O) groups excluding carboxylic acids is 4. The van der Waals surface area contributed by atoms with Gasteiger partial charge in [-0.1, -0.05) is 30.3 Å². The van der Waals surface area contributed by atoms with Crippen LogP contribution in [0.15, 0.2) is 30.3 Å². The van der Waals surface area contributed by atoms with E-state index >= 15 is 0 Å². The summed E-state index contributed by atoms with van der Waals surface area (Å²) in [5.41, 5.74) is 0.0529. The van der Waals surface area contributed by atoms with Gasteiger partial charge >= 0.3 is 12.1 Å². The van der Waals surface area contributed by atoms with E-state index < -0.39 is 60.6 Å². The van der Waals surface area contributed by atoms with Gasteiger partial charge in [0.25, 0.3) is 0 Å². The highest BCUT2D eigenvalue weighted by Crippen LogP contribution is 2.19. The van der Waals surface area contributed by atoms with Crippen molar-refractivity contribution in [2.45, 2.75) is 64.3 Å². The average Bonchev–Trinajstić information content (AvgIpc) is 2.98. The fourth-order valence-corrected chi connectivity index (χ4v) is 3.53. The van der Waals surface area contributed by atoms with Crippen LogP contribution in [0.25, 0.3) is 0 Å². The second-order valence-electron chi connectivity index (χ2n) is 9.17. The highest BCUT2D eigenvalue weighted by atomic mass is 16.6. The van der Waals surface area contributed by atoms with Crippen molar-refractivity contribution >= 4 is 29.8 Å². The number of hydrogen-bond donors (Lipinski definition) is 4. The number of nitrogens with one attached hydrogen (secondary N) is 3. The third-order valence-electron chi connectivity index (χ3n) is 5.04. The van der Waals surface area contributed by atoms with Crippen molar-refractivity contribution in [1.82, 2.24) is 20.9 Å². The third kappa shape index (κ3) is 8.38. The maximum absolute atomic E-state index is 13.0. The van der Waals surface area contributed by atoms with Crippen molar-refractivity contribution < 1.29 is 33.8 Å². The zero-order valence-electron chi connectivity index (χ0n) is 19.8. The maximum Gasteiger partial charge on any atom is 0.408 e. The highest BCUT2D eigenvalue weighted by molar-refractivity contribution is 5.94. The van der Waals surface area contributed by atoms with Crippen LogP contribution in [0, 0.1) is 0 Å². The molecule has 1 aliphatic rings. The van der Waals surface area contributed by atoms with Gasteiger partial charge in [-0.15, -0.1) is 0 Å². The molecule has 11 heteroatoms. The van der Waals surface area contributed by atoms with Crippen molar-refractivity contribution in [3.8, 4) is 0 Å². The fraction of sp³-hybridized carbons (Fsp3) is 0.522. The lowest BCUT2D eigenvalue weighted by molar-refractivity contribution is -0.144. The van der Waals surface area contributed by atoms with Gasteiger partial charge in [-0.2, -0.15) is 0 Å². The molecule has 4 N–H and O–H groups in total. The third-order valence-corrected chi connectivity index (χ3v) is 5.04. The minimum atomic E-state index is -1.14. The first kappa shape index (κ1) is 26.6. The van der Waals surface area contributed by atoms with Crippen molar-refractivity contribution in [2.75, 3.05) is 13.1 Å². The molecule has 0 bridgehead atoms. The molecule has 1 aliphatic heterocycles. The molecule has 3 atom stereocenters. The number of carboxylic acid groups (broad SMARTS) is 1. The Morgan fingerprint density at radius 2 is 1.82 bits per heavy atom. The number of carbonyl (C=O) groups is 5. The van der Waals surface area contributed by atoms with E-state index in [0.717, 1.165) is 5.56 Å². The predicted molar refractivity (Wildman–Crippen MR) is 122 cm³/mol. The maximum atomic E-state index is 13.0. The molecule has 0 aliphatic carbocycles. The molecule has 1 saturated heterocycles. The van der Waals surface area contributed by atoms with Crippen molar-refractivity contribution in [3.05, 3.63) is 35.9 Å². The van der Waals surface area contributed by atoms with Crippen molar-refractivity contribution in [1.29, 1.82) is 0 Å². The number of nitrogens with zero attached hydrogens (tertiary/aromatic N) is 1. The molecule has 34 heavy (non-hydrogen) atoms. The molecule has 186 valence electrons.